The first kappa shape index (κ1) is 10.5. The maximum atomic E-state index is 5.30. The highest BCUT2D eigenvalue weighted by Crippen LogP contribution is 2.39. The SMILES string of the molecule is CNc1ccc(OC)c(NC)c1OC. The Morgan fingerprint density at radius 2 is 1.71 bits per heavy atom. The minimum Gasteiger partial charge on any atom is -0.494 e. The minimum atomic E-state index is 0.759. The van der Waals surface area contributed by atoms with Crippen LogP contribution in [-0.4, -0.2) is 28.3 Å². The van der Waals surface area contributed by atoms with Gasteiger partial charge in [0.1, 0.15) is 11.4 Å². The predicted octanol–water partition coefficient (Wildman–Crippen LogP) is 1.79. The molecule has 0 unspecified atom stereocenters. The van der Waals surface area contributed by atoms with Gasteiger partial charge < -0.3 is 20.1 Å². The molecule has 78 valence electrons. The van der Waals surface area contributed by atoms with Crippen molar-refractivity contribution in [3.05, 3.63) is 12.1 Å². The highest BCUT2D eigenvalue weighted by Gasteiger charge is 2.12. The molecule has 0 aliphatic carbocycles. The van der Waals surface area contributed by atoms with Crippen LogP contribution in [0, 0.1) is 0 Å². The first-order valence-electron chi connectivity index (χ1n) is 4.39. The van der Waals surface area contributed by atoms with Crippen LogP contribution >= 0.6 is 0 Å². The average Bonchev–Trinajstić information content (AvgIpc) is 2.26. The monoisotopic (exact) mass is 196 g/mol. The standard InChI is InChI=1S/C10H16N2O2/c1-11-7-5-6-8(13-3)9(12-2)10(7)14-4/h5-6,11-12H,1-4H3. The molecule has 0 bridgehead atoms. The highest BCUT2D eigenvalue weighted by atomic mass is 16.5. The maximum Gasteiger partial charge on any atom is 0.168 e. The summed E-state index contributed by atoms with van der Waals surface area (Å²) >= 11 is 0. The van der Waals surface area contributed by atoms with Gasteiger partial charge >= 0.3 is 0 Å². The molecule has 0 fully saturated rings. The first-order valence-corrected chi connectivity index (χ1v) is 4.39. The summed E-state index contributed by atoms with van der Waals surface area (Å²) in [7, 11) is 6.95. The van der Waals surface area contributed by atoms with Crippen LogP contribution < -0.4 is 20.1 Å². The lowest BCUT2D eigenvalue weighted by Crippen LogP contribution is -2.01. The third-order valence-corrected chi connectivity index (χ3v) is 2.06. The van der Waals surface area contributed by atoms with Gasteiger partial charge in [0, 0.05) is 14.1 Å². The number of ether oxygens (including phenoxy) is 2. The van der Waals surface area contributed by atoms with E-state index in [1.807, 2.05) is 26.2 Å². The van der Waals surface area contributed by atoms with Gasteiger partial charge in [-0.1, -0.05) is 0 Å². The summed E-state index contributed by atoms with van der Waals surface area (Å²) in [6.07, 6.45) is 0. The molecule has 1 rings (SSSR count). The Hall–Kier alpha value is -1.58. The van der Waals surface area contributed by atoms with Crippen LogP contribution in [-0.2, 0) is 0 Å². The highest BCUT2D eigenvalue weighted by molar-refractivity contribution is 5.76. The van der Waals surface area contributed by atoms with Gasteiger partial charge in [-0.2, -0.15) is 0 Å². The molecular weight excluding hydrogens is 180 g/mol. The fraction of sp³-hybridized carbons (Fsp3) is 0.400. The molecule has 0 spiro atoms. The Bertz CT molecular complexity index is 282. The molecule has 0 amide bonds. The number of benzene rings is 1. The van der Waals surface area contributed by atoms with Gasteiger partial charge in [0.15, 0.2) is 5.75 Å². The van der Waals surface area contributed by atoms with Crippen molar-refractivity contribution in [2.45, 2.75) is 0 Å². The number of nitrogens with one attached hydrogen (secondary N) is 2. The number of methoxy groups -OCH3 is 2. The van der Waals surface area contributed by atoms with Crippen LogP contribution in [0.2, 0.25) is 0 Å². The summed E-state index contributed by atoms with van der Waals surface area (Å²) in [6, 6.07) is 3.80. The number of hydrogen-bond donors (Lipinski definition) is 2. The van der Waals surface area contributed by atoms with E-state index in [1.165, 1.54) is 0 Å². The van der Waals surface area contributed by atoms with Gasteiger partial charge in [-0.25, -0.2) is 0 Å². The smallest absolute Gasteiger partial charge is 0.168 e. The second kappa shape index (κ2) is 4.60. The Morgan fingerprint density at radius 1 is 1.00 bits per heavy atom. The molecule has 0 aliphatic rings. The largest absolute Gasteiger partial charge is 0.494 e. The number of anilines is 2. The lowest BCUT2D eigenvalue weighted by molar-refractivity contribution is 0.399. The maximum absolute atomic E-state index is 5.30. The quantitative estimate of drug-likeness (QED) is 0.770. The molecule has 0 aromatic heterocycles. The Labute approximate surface area is 84.2 Å². The second-order valence-electron chi connectivity index (χ2n) is 2.72. The second-order valence-corrected chi connectivity index (χ2v) is 2.72. The van der Waals surface area contributed by atoms with Gasteiger partial charge in [0.2, 0.25) is 0 Å². The normalized spacial score (nSPS) is 9.43. The van der Waals surface area contributed by atoms with E-state index in [1.54, 1.807) is 14.2 Å². The average molecular weight is 196 g/mol. The Balaban J connectivity index is 3.28. The first-order chi connectivity index (χ1) is 6.78. The van der Waals surface area contributed by atoms with Crippen molar-refractivity contribution in [1.82, 2.24) is 0 Å². The van der Waals surface area contributed by atoms with Crippen LogP contribution in [0.25, 0.3) is 0 Å². The van der Waals surface area contributed by atoms with E-state index in [0.717, 1.165) is 22.9 Å². The summed E-state index contributed by atoms with van der Waals surface area (Å²) in [5, 5.41) is 6.10. The van der Waals surface area contributed by atoms with E-state index in [2.05, 4.69) is 10.6 Å². The van der Waals surface area contributed by atoms with Crippen LogP contribution in [0.4, 0.5) is 11.4 Å². The van der Waals surface area contributed by atoms with Gasteiger partial charge in [-0.3, -0.25) is 0 Å². The molecule has 0 saturated heterocycles. The third-order valence-electron chi connectivity index (χ3n) is 2.06. The molecule has 4 heteroatoms. The lowest BCUT2D eigenvalue weighted by Gasteiger charge is -2.15. The zero-order chi connectivity index (χ0) is 10.6. The third kappa shape index (κ3) is 1.69. The molecule has 0 aliphatic heterocycles. The van der Waals surface area contributed by atoms with E-state index in [4.69, 9.17) is 9.47 Å². The molecule has 0 radical (unpaired) electrons. The van der Waals surface area contributed by atoms with Crippen molar-refractivity contribution in [1.29, 1.82) is 0 Å². The Morgan fingerprint density at radius 3 is 2.14 bits per heavy atom. The van der Waals surface area contributed by atoms with Gasteiger partial charge in [0.05, 0.1) is 19.9 Å². The van der Waals surface area contributed by atoms with E-state index in [-0.39, 0.29) is 0 Å². The molecule has 14 heavy (non-hydrogen) atoms. The van der Waals surface area contributed by atoms with E-state index in [0.29, 0.717) is 0 Å². The van der Waals surface area contributed by atoms with Crippen molar-refractivity contribution in [2.75, 3.05) is 38.9 Å². The topological polar surface area (TPSA) is 42.5 Å². The minimum absolute atomic E-state index is 0.759. The molecule has 0 saturated carbocycles. The lowest BCUT2D eigenvalue weighted by atomic mass is 10.2. The summed E-state index contributed by atoms with van der Waals surface area (Å²) in [5.41, 5.74) is 1.78. The summed E-state index contributed by atoms with van der Waals surface area (Å²) in [4.78, 5) is 0. The van der Waals surface area contributed by atoms with Crippen LogP contribution in [0.3, 0.4) is 0 Å². The van der Waals surface area contributed by atoms with E-state index in [9.17, 15) is 0 Å². The summed E-state index contributed by atoms with van der Waals surface area (Å²) in [6.45, 7) is 0. The Kier molecular flexibility index (Phi) is 3.45. The van der Waals surface area contributed by atoms with Crippen LogP contribution in [0.15, 0.2) is 12.1 Å². The molecular formula is C10H16N2O2. The molecule has 4 nitrogen and oxygen atoms in total. The number of rotatable bonds is 4. The molecule has 0 heterocycles. The molecule has 2 N–H and O–H groups in total. The van der Waals surface area contributed by atoms with Crippen molar-refractivity contribution < 1.29 is 9.47 Å². The van der Waals surface area contributed by atoms with E-state index < -0.39 is 0 Å². The zero-order valence-corrected chi connectivity index (χ0v) is 8.97. The summed E-state index contributed by atoms with van der Waals surface area (Å²) < 4.78 is 10.5. The molecule has 0 atom stereocenters. The van der Waals surface area contributed by atoms with Gasteiger partial charge in [-0.15, -0.1) is 0 Å². The predicted molar refractivity (Wildman–Crippen MR) is 58.6 cm³/mol. The molecule has 1 aromatic carbocycles. The molecule has 1 aromatic rings. The number of hydrogen-bond acceptors (Lipinski definition) is 4. The van der Waals surface area contributed by atoms with Crippen LogP contribution in [0.1, 0.15) is 0 Å². The van der Waals surface area contributed by atoms with Gasteiger partial charge in [-0.05, 0) is 12.1 Å². The van der Waals surface area contributed by atoms with Gasteiger partial charge in [0.25, 0.3) is 0 Å². The fourth-order valence-corrected chi connectivity index (χ4v) is 1.38. The van der Waals surface area contributed by atoms with E-state index >= 15 is 0 Å². The van der Waals surface area contributed by atoms with Crippen molar-refractivity contribution in [3.8, 4) is 11.5 Å². The van der Waals surface area contributed by atoms with Crippen molar-refractivity contribution >= 4 is 11.4 Å². The fourth-order valence-electron chi connectivity index (χ4n) is 1.38. The van der Waals surface area contributed by atoms with Crippen molar-refractivity contribution in [2.24, 2.45) is 0 Å². The van der Waals surface area contributed by atoms with Crippen LogP contribution in [0.5, 0.6) is 11.5 Å². The summed E-state index contributed by atoms with van der Waals surface area (Å²) in [5.74, 6) is 1.53. The van der Waals surface area contributed by atoms with Crippen molar-refractivity contribution in [3.63, 3.8) is 0 Å². The zero-order valence-electron chi connectivity index (χ0n) is 8.97.